The topological polar surface area (TPSA) is 86.5 Å². The van der Waals surface area contributed by atoms with Gasteiger partial charge in [0.15, 0.2) is 5.69 Å². The number of nitrogens with zero attached hydrogens (tertiary/aromatic N) is 3. The summed E-state index contributed by atoms with van der Waals surface area (Å²) >= 11 is 0. The van der Waals surface area contributed by atoms with Crippen molar-refractivity contribution in [2.45, 2.75) is 32.7 Å². The molecule has 1 aromatic heterocycles. The van der Waals surface area contributed by atoms with Gasteiger partial charge < -0.3 is 15.1 Å². The van der Waals surface area contributed by atoms with Crippen LogP contribution < -0.4 is 4.90 Å². The lowest BCUT2D eigenvalue weighted by Gasteiger charge is -2.26. The van der Waals surface area contributed by atoms with Crippen LogP contribution in [0, 0.1) is 0 Å². The molecule has 0 radical (unpaired) electrons. The van der Waals surface area contributed by atoms with Gasteiger partial charge in [0.05, 0.1) is 18.5 Å². The minimum atomic E-state index is -1.09. The van der Waals surface area contributed by atoms with E-state index in [0.717, 1.165) is 0 Å². The van der Waals surface area contributed by atoms with Gasteiger partial charge in [-0.15, -0.1) is 0 Å². The van der Waals surface area contributed by atoms with Crippen LogP contribution >= 0.6 is 0 Å². The molecule has 1 aromatic rings. The van der Waals surface area contributed by atoms with Crippen LogP contribution in [-0.4, -0.2) is 45.8 Å². The molecule has 1 atom stereocenters. The number of hydrogen-bond donors (Lipinski definition) is 2. The van der Waals surface area contributed by atoms with Crippen molar-refractivity contribution in [2.75, 3.05) is 18.6 Å². The highest BCUT2D eigenvalue weighted by Gasteiger charge is 2.20. The zero-order valence-electron chi connectivity index (χ0n) is 11.1. The molecule has 0 amide bonds. The van der Waals surface area contributed by atoms with E-state index in [1.165, 1.54) is 6.20 Å². The summed E-state index contributed by atoms with van der Waals surface area (Å²) in [6.45, 7) is 5.53. The van der Waals surface area contributed by atoms with E-state index in [-0.39, 0.29) is 24.3 Å². The van der Waals surface area contributed by atoms with E-state index >= 15 is 0 Å². The van der Waals surface area contributed by atoms with Crippen LogP contribution in [0.2, 0.25) is 0 Å². The zero-order chi connectivity index (χ0) is 13.9. The van der Waals surface area contributed by atoms with E-state index in [4.69, 9.17) is 5.11 Å². The zero-order valence-corrected chi connectivity index (χ0v) is 11.1. The number of aromatic carboxylic acids is 1. The maximum atomic E-state index is 11.2. The van der Waals surface area contributed by atoms with Crippen LogP contribution in [0.25, 0.3) is 0 Å². The molecule has 0 fully saturated rings. The van der Waals surface area contributed by atoms with Gasteiger partial charge in [-0.3, -0.25) is 0 Å². The average Bonchev–Trinajstić information content (AvgIpc) is 2.35. The lowest BCUT2D eigenvalue weighted by Crippen LogP contribution is -2.33. The second kappa shape index (κ2) is 5.77. The quantitative estimate of drug-likeness (QED) is 0.817. The summed E-state index contributed by atoms with van der Waals surface area (Å²) in [5.74, 6) is -0.523. The van der Waals surface area contributed by atoms with Gasteiger partial charge in [0.2, 0.25) is 0 Å². The van der Waals surface area contributed by atoms with E-state index in [2.05, 4.69) is 9.97 Å². The van der Waals surface area contributed by atoms with Crippen molar-refractivity contribution in [3.05, 3.63) is 17.7 Å². The molecule has 1 unspecified atom stereocenters. The SMILES string of the molecule is CC(C)c1ncc(N(C)C(C)CO)c(C(=O)O)n1. The van der Waals surface area contributed by atoms with Crippen LogP contribution in [0.15, 0.2) is 6.20 Å². The molecule has 100 valence electrons. The summed E-state index contributed by atoms with van der Waals surface area (Å²) in [5.41, 5.74) is 0.380. The Balaban J connectivity index is 3.23. The third-order valence-electron chi connectivity index (χ3n) is 2.81. The van der Waals surface area contributed by atoms with E-state index in [9.17, 15) is 9.90 Å². The third kappa shape index (κ3) is 2.95. The van der Waals surface area contributed by atoms with Gasteiger partial charge >= 0.3 is 5.97 Å². The predicted octanol–water partition coefficient (Wildman–Crippen LogP) is 1.12. The van der Waals surface area contributed by atoms with Crippen LogP contribution in [0.3, 0.4) is 0 Å². The Morgan fingerprint density at radius 2 is 2.06 bits per heavy atom. The largest absolute Gasteiger partial charge is 0.476 e. The van der Waals surface area contributed by atoms with Crippen LogP contribution in [0.5, 0.6) is 0 Å². The molecule has 6 nitrogen and oxygen atoms in total. The lowest BCUT2D eigenvalue weighted by molar-refractivity contribution is 0.0690. The summed E-state index contributed by atoms with van der Waals surface area (Å²) < 4.78 is 0. The van der Waals surface area contributed by atoms with Crippen molar-refractivity contribution in [1.82, 2.24) is 9.97 Å². The highest BCUT2D eigenvalue weighted by molar-refractivity contribution is 5.92. The van der Waals surface area contributed by atoms with E-state index in [1.54, 1.807) is 18.9 Å². The predicted molar refractivity (Wildman–Crippen MR) is 68.0 cm³/mol. The fourth-order valence-electron chi connectivity index (χ4n) is 1.44. The molecule has 0 aromatic carbocycles. The monoisotopic (exact) mass is 253 g/mol. The van der Waals surface area contributed by atoms with Crippen LogP contribution in [0.4, 0.5) is 5.69 Å². The van der Waals surface area contributed by atoms with Gasteiger partial charge in [-0.2, -0.15) is 0 Å². The fourth-order valence-corrected chi connectivity index (χ4v) is 1.44. The Bertz CT molecular complexity index is 435. The van der Waals surface area contributed by atoms with Crippen LogP contribution in [-0.2, 0) is 0 Å². The molecule has 0 aliphatic heterocycles. The molecular weight excluding hydrogens is 234 g/mol. The molecule has 6 heteroatoms. The smallest absolute Gasteiger partial charge is 0.356 e. The fraction of sp³-hybridized carbons (Fsp3) is 0.583. The number of carboxylic acids is 1. The lowest BCUT2D eigenvalue weighted by atomic mass is 10.2. The number of carbonyl (C=O) groups is 1. The normalized spacial score (nSPS) is 12.6. The Labute approximate surface area is 106 Å². The van der Waals surface area contributed by atoms with Gasteiger partial charge in [0.25, 0.3) is 0 Å². The van der Waals surface area contributed by atoms with Gasteiger partial charge in [0, 0.05) is 19.0 Å². The molecule has 1 rings (SSSR count). The number of aliphatic hydroxyl groups excluding tert-OH is 1. The number of aromatic nitrogens is 2. The minimum Gasteiger partial charge on any atom is -0.476 e. The number of hydrogen-bond acceptors (Lipinski definition) is 5. The first kappa shape index (κ1) is 14.4. The highest BCUT2D eigenvalue weighted by atomic mass is 16.4. The number of anilines is 1. The van der Waals surface area contributed by atoms with Gasteiger partial charge in [-0.25, -0.2) is 14.8 Å². The first-order valence-electron chi connectivity index (χ1n) is 5.82. The summed E-state index contributed by atoms with van der Waals surface area (Å²) in [4.78, 5) is 21.1. The summed E-state index contributed by atoms with van der Waals surface area (Å²) in [5, 5.41) is 18.3. The summed E-state index contributed by atoms with van der Waals surface area (Å²) in [6.07, 6.45) is 1.50. The highest BCUT2D eigenvalue weighted by Crippen LogP contribution is 2.21. The molecule has 0 bridgehead atoms. The average molecular weight is 253 g/mol. The van der Waals surface area contributed by atoms with E-state index in [0.29, 0.717) is 11.5 Å². The Morgan fingerprint density at radius 3 is 2.50 bits per heavy atom. The second-order valence-electron chi connectivity index (χ2n) is 4.56. The maximum absolute atomic E-state index is 11.2. The molecule has 2 N–H and O–H groups in total. The van der Waals surface area contributed by atoms with E-state index < -0.39 is 5.97 Å². The first-order chi connectivity index (χ1) is 8.38. The Kier molecular flexibility index (Phi) is 4.61. The molecule has 0 spiro atoms. The van der Waals surface area contributed by atoms with Gasteiger partial charge in [-0.05, 0) is 6.92 Å². The molecule has 0 aliphatic rings. The molecule has 1 heterocycles. The van der Waals surface area contributed by atoms with Gasteiger partial charge in [-0.1, -0.05) is 13.8 Å². The summed E-state index contributed by atoms with van der Waals surface area (Å²) in [7, 11) is 1.71. The second-order valence-corrected chi connectivity index (χ2v) is 4.56. The molecule has 0 aliphatic carbocycles. The van der Waals surface area contributed by atoms with Crippen LogP contribution in [0.1, 0.15) is 43.0 Å². The van der Waals surface area contributed by atoms with Crippen molar-refractivity contribution < 1.29 is 15.0 Å². The minimum absolute atomic E-state index is 0.0310. The van der Waals surface area contributed by atoms with Crippen molar-refractivity contribution in [2.24, 2.45) is 0 Å². The van der Waals surface area contributed by atoms with Crippen molar-refractivity contribution in [3.63, 3.8) is 0 Å². The molecule has 0 saturated heterocycles. The maximum Gasteiger partial charge on any atom is 0.356 e. The first-order valence-corrected chi connectivity index (χ1v) is 5.82. The Morgan fingerprint density at radius 1 is 1.44 bits per heavy atom. The Hall–Kier alpha value is -1.69. The number of aliphatic hydroxyl groups is 1. The number of rotatable bonds is 5. The number of likely N-dealkylation sites (N-methyl/N-ethyl adjacent to an activating group) is 1. The molecule has 0 saturated carbocycles. The third-order valence-corrected chi connectivity index (χ3v) is 2.81. The molecule has 18 heavy (non-hydrogen) atoms. The molecular formula is C12H19N3O3. The van der Waals surface area contributed by atoms with Gasteiger partial charge in [0.1, 0.15) is 5.82 Å². The van der Waals surface area contributed by atoms with Crippen molar-refractivity contribution >= 4 is 11.7 Å². The van der Waals surface area contributed by atoms with Crippen molar-refractivity contribution in [3.8, 4) is 0 Å². The summed E-state index contributed by atoms with van der Waals surface area (Å²) in [6, 6.07) is -0.198. The van der Waals surface area contributed by atoms with Crippen molar-refractivity contribution in [1.29, 1.82) is 0 Å². The van der Waals surface area contributed by atoms with E-state index in [1.807, 2.05) is 13.8 Å². The standard InChI is InChI=1S/C12H19N3O3/c1-7(2)11-13-5-9(10(14-11)12(17)18)15(4)8(3)6-16/h5,7-8,16H,6H2,1-4H3,(H,17,18). The number of carboxylic acid groups (broad SMARTS) is 1.